The van der Waals surface area contributed by atoms with E-state index in [1.165, 1.54) is 6.07 Å². The Hall–Kier alpha value is -4.12. The van der Waals surface area contributed by atoms with Gasteiger partial charge in [0.25, 0.3) is 0 Å². The number of aliphatic imine (C=N–C) groups is 1. The molecular weight excluding hydrogens is 535 g/mol. The fourth-order valence-corrected chi connectivity index (χ4v) is 3.81. The summed E-state index contributed by atoms with van der Waals surface area (Å²) >= 11 is 0. The smallest absolute Gasteiger partial charge is 0.319 e. The Morgan fingerprint density at radius 2 is 1.83 bits per heavy atom. The molecule has 1 aliphatic rings. The molecule has 0 bridgehead atoms. The molecule has 42 heavy (non-hydrogen) atoms. The molecule has 9 nitrogen and oxygen atoms in total. The summed E-state index contributed by atoms with van der Waals surface area (Å²) in [7, 11) is 0. The second-order valence-corrected chi connectivity index (χ2v) is 9.65. The van der Waals surface area contributed by atoms with E-state index >= 15 is 4.39 Å². The van der Waals surface area contributed by atoms with Gasteiger partial charge in [-0.25, -0.2) is 9.18 Å². The normalized spacial score (nSPS) is 13.0. The van der Waals surface area contributed by atoms with Gasteiger partial charge in [-0.3, -0.25) is 9.89 Å². The van der Waals surface area contributed by atoms with Crippen molar-refractivity contribution in [2.24, 2.45) is 10.4 Å². The van der Waals surface area contributed by atoms with Crippen LogP contribution < -0.4 is 20.7 Å². The van der Waals surface area contributed by atoms with Gasteiger partial charge in [0.1, 0.15) is 18.2 Å². The SMILES string of the molecule is C#C.CC.CC=Nc1cc(OCCN2CCOCC2)cc(F)c1CNc1ccc(NC(=O)NCCC(C)(C)C#N)cc1. The number of nitrogens with zero attached hydrogens (tertiary/aromatic N) is 3. The number of morpholine rings is 1. The molecule has 3 rings (SSSR count). The molecule has 0 unspecified atom stereocenters. The lowest BCUT2D eigenvalue weighted by Crippen LogP contribution is -2.38. The highest BCUT2D eigenvalue weighted by atomic mass is 19.1. The number of terminal acetylenes is 1. The molecule has 0 spiro atoms. The Kier molecular flexibility index (Phi) is 17.0. The van der Waals surface area contributed by atoms with Gasteiger partial charge in [0.2, 0.25) is 0 Å². The van der Waals surface area contributed by atoms with Gasteiger partial charge in [-0.05, 0) is 51.5 Å². The number of amides is 2. The van der Waals surface area contributed by atoms with Crippen LogP contribution in [0.15, 0.2) is 41.4 Å². The summed E-state index contributed by atoms with van der Waals surface area (Å²) < 4.78 is 26.2. The van der Waals surface area contributed by atoms with Crippen LogP contribution in [0.4, 0.5) is 26.2 Å². The van der Waals surface area contributed by atoms with E-state index in [1.54, 1.807) is 43.5 Å². The quantitative estimate of drug-likeness (QED) is 0.203. The maximum Gasteiger partial charge on any atom is 0.319 e. The average molecular weight is 581 g/mol. The van der Waals surface area contributed by atoms with Crippen LogP contribution in [0.2, 0.25) is 0 Å². The van der Waals surface area contributed by atoms with Crippen LogP contribution in [0.5, 0.6) is 5.75 Å². The van der Waals surface area contributed by atoms with Gasteiger partial charge in [-0.1, -0.05) is 13.8 Å². The molecule has 2 aromatic rings. The van der Waals surface area contributed by atoms with Crippen LogP contribution >= 0.6 is 0 Å². The first-order valence-electron chi connectivity index (χ1n) is 14.2. The molecule has 1 saturated heterocycles. The molecule has 0 aromatic heterocycles. The third kappa shape index (κ3) is 13.0. The molecule has 2 amide bonds. The fraction of sp³-hybridized carbons (Fsp3) is 0.469. The predicted octanol–water partition coefficient (Wildman–Crippen LogP) is 6.21. The van der Waals surface area contributed by atoms with Crippen molar-refractivity contribution in [2.75, 3.05) is 56.6 Å². The number of nitriles is 1. The summed E-state index contributed by atoms with van der Waals surface area (Å²) in [6.45, 7) is 14.5. The number of carbonyl (C=O) groups excluding carboxylic acids is 1. The second-order valence-electron chi connectivity index (χ2n) is 9.65. The van der Waals surface area contributed by atoms with Gasteiger partial charge in [-0.2, -0.15) is 5.26 Å². The number of urea groups is 1. The minimum Gasteiger partial charge on any atom is -0.492 e. The van der Waals surface area contributed by atoms with Crippen molar-refractivity contribution in [3.05, 3.63) is 47.8 Å². The Morgan fingerprint density at radius 3 is 2.45 bits per heavy atom. The van der Waals surface area contributed by atoms with Crippen LogP contribution in [-0.4, -0.2) is 63.1 Å². The van der Waals surface area contributed by atoms with Gasteiger partial charge in [0, 0.05) is 68.0 Å². The first-order chi connectivity index (χ1) is 20.3. The highest BCUT2D eigenvalue weighted by molar-refractivity contribution is 5.89. The molecule has 0 atom stereocenters. The zero-order valence-electron chi connectivity index (χ0n) is 25.5. The van der Waals surface area contributed by atoms with Crippen molar-refractivity contribution in [2.45, 2.75) is 47.6 Å². The van der Waals surface area contributed by atoms with Crippen molar-refractivity contribution >= 4 is 29.3 Å². The van der Waals surface area contributed by atoms with Gasteiger partial charge in [0.05, 0.1) is 30.4 Å². The Labute approximate surface area is 250 Å². The Morgan fingerprint density at radius 1 is 1.19 bits per heavy atom. The van der Waals surface area contributed by atoms with Crippen LogP contribution in [0.3, 0.4) is 0 Å². The molecule has 3 N–H and O–H groups in total. The number of benzene rings is 2. The van der Waals surface area contributed by atoms with Gasteiger partial charge in [0.15, 0.2) is 0 Å². The lowest BCUT2D eigenvalue weighted by Gasteiger charge is -2.26. The minimum absolute atomic E-state index is 0.231. The van der Waals surface area contributed by atoms with E-state index in [9.17, 15) is 4.79 Å². The fourth-order valence-electron chi connectivity index (χ4n) is 3.81. The van der Waals surface area contributed by atoms with Crippen LogP contribution in [0.25, 0.3) is 0 Å². The minimum atomic E-state index is -0.487. The van der Waals surface area contributed by atoms with Crippen molar-refractivity contribution in [3.63, 3.8) is 0 Å². The lowest BCUT2D eigenvalue weighted by atomic mass is 9.92. The Bertz CT molecular complexity index is 1170. The standard InChI is InChI=1S/C28H37FN6O3.C2H6.C2H2/c1-4-31-26-18-23(38-16-13-35-11-14-37-15-12-35)17-25(29)24(26)19-33-21-5-7-22(8-6-21)34-27(36)32-10-9-28(2,3)20-30;2*1-2/h4-8,17-18,33H,9-16,19H2,1-3H3,(H2,32,34,36);1-2H3;1-2H. The van der Waals surface area contributed by atoms with E-state index in [1.807, 2.05) is 27.7 Å². The summed E-state index contributed by atoms with van der Waals surface area (Å²) in [6, 6.07) is 12.1. The second kappa shape index (κ2) is 19.9. The highest BCUT2D eigenvalue weighted by Crippen LogP contribution is 2.29. The molecular formula is C32H45FN6O3. The van der Waals surface area contributed by atoms with Crippen molar-refractivity contribution in [1.82, 2.24) is 10.2 Å². The summed E-state index contributed by atoms with van der Waals surface area (Å²) in [6.07, 6.45) is 10.2. The molecule has 1 fully saturated rings. The molecule has 0 saturated carbocycles. The van der Waals surface area contributed by atoms with E-state index in [4.69, 9.17) is 14.7 Å². The number of anilines is 2. The monoisotopic (exact) mass is 580 g/mol. The molecule has 228 valence electrons. The van der Waals surface area contributed by atoms with Crippen LogP contribution in [0.1, 0.15) is 46.6 Å². The van der Waals surface area contributed by atoms with E-state index < -0.39 is 11.2 Å². The first-order valence-corrected chi connectivity index (χ1v) is 14.2. The van der Waals surface area contributed by atoms with E-state index in [0.717, 1.165) is 38.5 Å². The molecule has 0 aliphatic carbocycles. The average Bonchev–Trinajstić information content (AvgIpc) is 3.00. The maximum absolute atomic E-state index is 15.0. The van der Waals surface area contributed by atoms with Gasteiger partial charge >= 0.3 is 6.03 Å². The van der Waals surface area contributed by atoms with Crippen molar-refractivity contribution < 1.29 is 18.7 Å². The number of ether oxygens (including phenoxy) is 2. The van der Waals surface area contributed by atoms with Crippen LogP contribution in [-0.2, 0) is 11.3 Å². The Balaban J connectivity index is 0.00000211. The number of carbonyl (C=O) groups is 1. The first kappa shape index (κ1) is 35.9. The van der Waals surface area contributed by atoms with E-state index in [-0.39, 0.29) is 12.6 Å². The number of hydrogen-bond acceptors (Lipinski definition) is 7. The van der Waals surface area contributed by atoms with E-state index in [2.05, 4.69) is 44.8 Å². The molecule has 10 heteroatoms. The zero-order chi connectivity index (χ0) is 31.4. The van der Waals surface area contributed by atoms with Crippen molar-refractivity contribution in [1.29, 1.82) is 5.26 Å². The van der Waals surface area contributed by atoms with Gasteiger partial charge < -0.3 is 25.4 Å². The predicted molar refractivity (Wildman–Crippen MR) is 169 cm³/mol. The number of rotatable bonds is 12. The van der Waals surface area contributed by atoms with Crippen LogP contribution in [0, 0.1) is 35.4 Å². The number of nitrogens with one attached hydrogen (secondary N) is 3. The summed E-state index contributed by atoms with van der Waals surface area (Å²) in [4.78, 5) is 18.7. The molecule has 2 aromatic carbocycles. The van der Waals surface area contributed by atoms with Crippen molar-refractivity contribution in [3.8, 4) is 24.7 Å². The highest BCUT2D eigenvalue weighted by Gasteiger charge is 2.16. The number of halogens is 1. The zero-order valence-corrected chi connectivity index (χ0v) is 25.5. The summed E-state index contributed by atoms with van der Waals surface area (Å²) in [5.74, 6) is 0.0570. The topological polar surface area (TPSA) is 111 Å². The third-order valence-corrected chi connectivity index (χ3v) is 6.14. The van der Waals surface area contributed by atoms with Gasteiger partial charge in [-0.15, -0.1) is 12.8 Å². The third-order valence-electron chi connectivity index (χ3n) is 6.14. The summed E-state index contributed by atoms with van der Waals surface area (Å²) in [5.41, 5.74) is 1.84. The molecule has 0 radical (unpaired) electrons. The van der Waals surface area contributed by atoms with E-state index in [0.29, 0.717) is 42.3 Å². The number of hydrogen-bond donors (Lipinski definition) is 3. The molecule has 1 heterocycles. The molecule has 1 aliphatic heterocycles. The summed E-state index contributed by atoms with van der Waals surface area (Å²) in [5, 5.41) is 17.8. The lowest BCUT2D eigenvalue weighted by molar-refractivity contribution is 0.0322. The maximum atomic E-state index is 15.0. The largest absolute Gasteiger partial charge is 0.492 e.